The van der Waals surface area contributed by atoms with Gasteiger partial charge in [-0.2, -0.15) is 0 Å². The van der Waals surface area contributed by atoms with Crippen molar-refractivity contribution in [1.29, 1.82) is 0 Å². The Morgan fingerprint density at radius 2 is 1.85 bits per heavy atom. The second-order valence-corrected chi connectivity index (χ2v) is 8.65. The van der Waals surface area contributed by atoms with Crippen LogP contribution in [0.5, 0.6) is 0 Å². The van der Waals surface area contributed by atoms with E-state index >= 15 is 0 Å². The molecule has 0 aliphatic rings. The molecule has 0 fully saturated rings. The van der Waals surface area contributed by atoms with Crippen molar-refractivity contribution in [2.75, 3.05) is 0 Å². The van der Waals surface area contributed by atoms with Crippen molar-refractivity contribution in [2.45, 2.75) is 38.9 Å². The van der Waals surface area contributed by atoms with Gasteiger partial charge in [0.2, 0.25) is 15.9 Å². The Kier molecular flexibility index (Phi) is 5.65. The summed E-state index contributed by atoms with van der Waals surface area (Å²) in [6.07, 6.45) is 3.42. The summed E-state index contributed by atoms with van der Waals surface area (Å²) in [6.45, 7) is 3.83. The van der Waals surface area contributed by atoms with Gasteiger partial charge < -0.3 is 4.98 Å². The molecule has 2 N–H and O–H groups in total. The van der Waals surface area contributed by atoms with E-state index in [0.29, 0.717) is 18.4 Å². The van der Waals surface area contributed by atoms with E-state index < -0.39 is 15.9 Å². The predicted molar refractivity (Wildman–Crippen MR) is 108 cm³/mol. The topological polar surface area (TPSA) is 79.0 Å². The number of nitrogens with one attached hydrogen (secondary N) is 2. The molecule has 3 rings (SSSR count). The number of aromatic amines is 1. The van der Waals surface area contributed by atoms with Crippen LogP contribution >= 0.6 is 0 Å². The van der Waals surface area contributed by atoms with E-state index in [4.69, 9.17) is 0 Å². The molecule has 6 heteroatoms. The summed E-state index contributed by atoms with van der Waals surface area (Å²) in [5.41, 5.74) is 4.89. The van der Waals surface area contributed by atoms with Crippen LogP contribution in [0, 0.1) is 13.8 Å². The van der Waals surface area contributed by atoms with Crippen LogP contribution in [-0.4, -0.2) is 19.3 Å². The van der Waals surface area contributed by atoms with E-state index in [-0.39, 0.29) is 12.2 Å². The fourth-order valence-electron chi connectivity index (χ4n) is 3.25. The molecule has 0 atom stereocenters. The zero-order valence-electron chi connectivity index (χ0n) is 15.6. The Morgan fingerprint density at radius 3 is 2.63 bits per heavy atom. The minimum atomic E-state index is -3.69. The number of carbonyl (C=O) groups excluding carboxylic acids is 1. The molecule has 2 aromatic carbocycles. The van der Waals surface area contributed by atoms with E-state index in [2.05, 4.69) is 9.71 Å². The maximum atomic E-state index is 12.3. The first-order valence-corrected chi connectivity index (χ1v) is 10.6. The van der Waals surface area contributed by atoms with Gasteiger partial charge in [-0.05, 0) is 49.4 Å². The Hall–Kier alpha value is -2.60. The number of para-hydroxylation sites is 1. The average molecular weight is 385 g/mol. The van der Waals surface area contributed by atoms with Crippen molar-refractivity contribution in [3.05, 3.63) is 70.9 Å². The van der Waals surface area contributed by atoms with Crippen LogP contribution in [0.1, 0.15) is 35.1 Å². The van der Waals surface area contributed by atoms with Gasteiger partial charge in [-0.25, -0.2) is 8.42 Å². The van der Waals surface area contributed by atoms with Crippen molar-refractivity contribution in [3.63, 3.8) is 0 Å². The average Bonchev–Trinajstić information content (AvgIpc) is 3.00. The highest BCUT2D eigenvalue weighted by Crippen LogP contribution is 2.19. The summed E-state index contributed by atoms with van der Waals surface area (Å²) in [5.74, 6) is -0.646. The Morgan fingerprint density at radius 1 is 1.07 bits per heavy atom. The molecule has 142 valence electrons. The fourth-order valence-corrected chi connectivity index (χ4v) is 4.51. The predicted octanol–water partition coefficient (Wildman–Crippen LogP) is 3.75. The van der Waals surface area contributed by atoms with E-state index in [0.717, 1.165) is 27.6 Å². The van der Waals surface area contributed by atoms with E-state index in [1.807, 2.05) is 56.4 Å². The molecule has 0 saturated heterocycles. The number of hydrogen-bond acceptors (Lipinski definition) is 3. The molecule has 0 saturated carbocycles. The van der Waals surface area contributed by atoms with Crippen LogP contribution in [0.25, 0.3) is 10.9 Å². The lowest BCUT2D eigenvalue weighted by molar-refractivity contribution is -0.119. The summed E-state index contributed by atoms with van der Waals surface area (Å²) in [4.78, 5) is 15.3. The molecule has 0 unspecified atom stereocenters. The molecule has 27 heavy (non-hydrogen) atoms. The van der Waals surface area contributed by atoms with Crippen molar-refractivity contribution in [3.8, 4) is 0 Å². The number of H-pyrrole nitrogens is 1. The summed E-state index contributed by atoms with van der Waals surface area (Å²) in [5, 5.41) is 1.14. The summed E-state index contributed by atoms with van der Waals surface area (Å²) in [7, 11) is -3.69. The van der Waals surface area contributed by atoms with Crippen LogP contribution in [0.3, 0.4) is 0 Å². The standard InChI is InChI=1S/C21H24N2O3S/c1-15-10-11-18(16(2)12-15)14-27(25,26)23-21(24)9-5-6-17-13-22-20-8-4-3-7-19(17)20/h3-4,7-8,10-13,22H,5-6,9,14H2,1-2H3,(H,23,24). The minimum absolute atomic E-state index is 0.172. The Labute approximate surface area is 159 Å². The lowest BCUT2D eigenvalue weighted by Gasteiger charge is -2.09. The SMILES string of the molecule is Cc1ccc(CS(=O)(=O)NC(=O)CCCc2c[nH]c3ccccc23)c(C)c1. The minimum Gasteiger partial charge on any atom is -0.361 e. The van der Waals surface area contributed by atoms with Gasteiger partial charge in [0, 0.05) is 23.5 Å². The van der Waals surface area contributed by atoms with Gasteiger partial charge in [0.1, 0.15) is 0 Å². The largest absolute Gasteiger partial charge is 0.361 e. The lowest BCUT2D eigenvalue weighted by atomic mass is 10.1. The maximum Gasteiger partial charge on any atom is 0.239 e. The first kappa shape index (κ1) is 19.2. The molecular formula is C21H24N2O3S. The number of fused-ring (bicyclic) bond motifs is 1. The molecule has 0 aliphatic heterocycles. The lowest BCUT2D eigenvalue weighted by Crippen LogP contribution is -2.31. The maximum absolute atomic E-state index is 12.3. The monoisotopic (exact) mass is 384 g/mol. The van der Waals surface area contributed by atoms with Crippen LogP contribution in [0.15, 0.2) is 48.7 Å². The molecule has 1 amide bonds. The van der Waals surface area contributed by atoms with Crippen molar-refractivity contribution in [2.24, 2.45) is 0 Å². The molecule has 3 aromatic rings. The van der Waals surface area contributed by atoms with Crippen LogP contribution in [0.2, 0.25) is 0 Å². The summed E-state index contributed by atoms with van der Waals surface area (Å²) < 4.78 is 26.7. The molecule has 0 radical (unpaired) electrons. The molecule has 5 nitrogen and oxygen atoms in total. The highest BCUT2D eigenvalue weighted by molar-refractivity contribution is 7.89. The van der Waals surface area contributed by atoms with E-state index in [1.165, 1.54) is 0 Å². The smallest absolute Gasteiger partial charge is 0.239 e. The third-order valence-corrected chi connectivity index (χ3v) is 5.87. The van der Waals surface area contributed by atoms with E-state index in [1.54, 1.807) is 6.07 Å². The fraction of sp³-hybridized carbons (Fsp3) is 0.286. The van der Waals surface area contributed by atoms with Gasteiger partial charge in [0.15, 0.2) is 0 Å². The number of carbonyl (C=O) groups is 1. The van der Waals surface area contributed by atoms with Crippen molar-refractivity contribution < 1.29 is 13.2 Å². The van der Waals surface area contributed by atoms with Crippen LogP contribution < -0.4 is 4.72 Å². The van der Waals surface area contributed by atoms with Gasteiger partial charge >= 0.3 is 0 Å². The third kappa shape index (κ3) is 4.98. The van der Waals surface area contributed by atoms with Gasteiger partial charge in [-0.15, -0.1) is 0 Å². The highest BCUT2D eigenvalue weighted by Gasteiger charge is 2.16. The summed E-state index contributed by atoms with van der Waals surface area (Å²) in [6, 6.07) is 13.6. The van der Waals surface area contributed by atoms with Crippen LogP contribution in [-0.2, 0) is 27.0 Å². The van der Waals surface area contributed by atoms with Crippen molar-refractivity contribution >= 4 is 26.8 Å². The second kappa shape index (κ2) is 7.96. The second-order valence-electron chi connectivity index (χ2n) is 6.93. The number of amides is 1. The summed E-state index contributed by atoms with van der Waals surface area (Å²) >= 11 is 0. The molecule has 1 heterocycles. The molecular weight excluding hydrogens is 360 g/mol. The zero-order chi connectivity index (χ0) is 19.4. The van der Waals surface area contributed by atoms with E-state index in [9.17, 15) is 13.2 Å². The number of aryl methyl sites for hydroxylation is 3. The quantitative estimate of drug-likeness (QED) is 0.651. The third-order valence-electron chi connectivity index (χ3n) is 4.64. The Balaban J connectivity index is 1.53. The molecule has 0 bridgehead atoms. The number of benzene rings is 2. The zero-order valence-corrected chi connectivity index (χ0v) is 16.4. The number of sulfonamides is 1. The number of aromatic nitrogens is 1. The molecule has 1 aromatic heterocycles. The van der Waals surface area contributed by atoms with Gasteiger partial charge in [0.05, 0.1) is 5.75 Å². The number of rotatable bonds is 7. The van der Waals surface area contributed by atoms with Crippen molar-refractivity contribution in [1.82, 2.24) is 9.71 Å². The molecule has 0 spiro atoms. The first-order chi connectivity index (χ1) is 12.8. The van der Waals surface area contributed by atoms with Gasteiger partial charge in [-0.1, -0.05) is 42.0 Å². The number of hydrogen-bond donors (Lipinski definition) is 2. The van der Waals surface area contributed by atoms with Gasteiger partial charge in [-0.3, -0.25) is 9.52 Å². The molecule has 0 aliphatic carbocycles. The van der Waals surface area contributed by atoms with Gasteiger partial charge in [0.25, 0.3) is 0 Å². The first-order valence-electron chi connectivity index (χ1n) is 8.98. The Bertz CT molecular complexity index is 1070. The van der Waals surface area contributed by atoms with Crippen LogP contribution in [0.4, 0.5) is 0 Å². The highest BCUT2D eigenvalue weighted by atomic mass is 32.2. The normalized spacial score (nSPS) is 11.6.